The molecule has 0 unspecified atom stereocenters. The maximum atomic E-state index is 13.8. The van der Waals surface area contributed by atoms with Gasteiger partial charge in [-0.05, 0) is 42.2 Å². The summed E-state index contributed by atoms with van der Waals surface area (Å²) in [6.45, 7) is 5.78. The van der Waals surface area contributed by atoms with Gasteiger partial charge in [0, 0.05) is 55.1 Å². The Kier molecular flexibility index (Phi) is 10.6. The minimum Gasteiger partial charge on any atom is -0.361 e. The Morgan fingerprint density at radius 1 is 1.03 bits per heavy atom. The molecule has 2 amide bonds. The molecular formula is C29H38N4O2. The van der Waals surface area contributed by atoms with Crippen LogP contribution in [0.25, 0.3) is 17.0 Å². The number of aromatic amines is 1. The highest BCUT2D eigenvalue weighted by Gasteiger charge is 2.26. The minimum absolute atomic E-state index is 0.00869. The molecule has 2 heterocycles. The Bertz CT molecular complexity index is 1080. The number of pyridine rings is 1. The quantitative estimate of drug-likeness (QED) is 0.239. The van der Waals surface area contributed by atoms with E-state index in [1.807, 2.05) is 47.5 Å². The molecular weight excluding hydrogens is 436 g/mol. The molecule has 2 N–H and O–H groups in total. The molecule has 3 rings (SSSR count). The Hall–Kier alpha value is -3.41. The van der Waals surface area contributed by atoms with Crippen LogP contribution in [0.2, 0.25) is 0 Å². The van der Waals surface area contributed by atoms with E-state index >= 15 is 0 Å². The number of aromatic nitrogens is 2. The molecule has 0 bridgehead atoms. The maximum Gasteiger partial charge on any atom is 0.245 e. The number of para-hydroxylation sites is 1. The van der Waals surface area contributed by atoms with Crippen LogP contribution >= 0.6 is 0 Å². The number of rotatable bonds is 14. The predicted octanol–water partition coefficient (Wildman–Crippen LogP) is 5.51. The van der Waals surface area contributed by atoms with Crippen LogP contribution in [-0.2, 0) is 16.0 Å². The first-order chi connectivity index (χ1) is 17.1. The summed E-state index contributed by atoms with van der Waals surface area (Å²) in [5, 5.41) is 4.08. The number of unbranched alkanes of at least 4 members (excludes halogenated alkanes) is 4. The third-order valence-corrected chi connectivity index (χ3v) is 6.20. The number of fused-ring (bicyclic) bond motifs is 1. The van der Waals surface area contributed by atoms with Crippen LogP contribution in [0.15, 0.2) is 61.1 Å². The van der Waals surface area contributed by atoms with Crippen molar-refractivity contribution in [1.29, 1.82) is 0 Å². The zero-order valence-corrected chi connectivity index (χ0v) is 21.0. The number of hydrogen-bond donors (Lipinski definition) is 2. The van der Waals surface area contributed by atoms with Crippen LogP contribution in [0.4, 0.5) is 0 Å². The van der Waals surface area contributed by atoms with Crippen molar-refractivity contribution in [3.8, 4) is 0 Å². The second-order valence-corrected chi connectivity index (χ2v) is 8.98. The van der Waals surface area contributed by atoms with E-state index in [-0.39, 0.29) is 11.8 Å². The van der Waals surface area contributed by atoms with Gasteiger partial charge in [-0.3, -0.25) is 14.6 Å². The fourth-order valence-electron chi connectivity index (χ4n) is 4.24. The van der Waals surface area contributed by atoms with Gasteiger partial charge in [0.25, 0.3) is 0 Å². The summed E-state index contributed by atoms with van der Waals surface area (Å²) in [7, 11) is 0. The van der Waals surface area contributed by atoms with Gasteiger partial charge in [-0.1, -0.05) is 63.8 Å². The SMILES string of the molecule is CCCCCN(CCCCC)C(=O)[C@@H](Cc1c[nH]c2ccccc12)NC(=O)/C=C/c1cccnc1. The summed E-state index contributed by atoms with van der Waals surface area (Å²) in [5.41, 5.74) is 2.89. The highest BCUT2D eigenvalue weighted by atomic mass is 16.2. The minimum atomic E-state index is -0.636. The lowest BCUT2D eigenvalue weighted by Crippen LogP contribution is -2.50. The molecule has 0 aliphatic rings. The second kappa shape index (κ2) is 14.1. The zero-order valence-electron chi connectivity index (χ0n) is 21.0. The number of nitrogens with one attached hydrogen (secondary N) is 2. The summed E-state index contributed by atoms with van der Waals surface area (Å²) >= 11 is 0. The first kappa shape index (κ1) is 26.2. The van der Waals surface area contributed by atoms with Crippen molar-refractivity contribution in [2.45, 2.75) is 64.8 Å². The van der Waals surface area contributed by atoms with E-state index < -0.39 is 6.04 Å². The summed E-state index contributed by atoms with van der Waals surface area (Å²) < 4.78 is 0. The molecule has 0 fully saturated rings. The van der Waals surface area contributed by atoms with Crippen molar-refractivity contribution >= 4 is 28.8 Å². The Balaban J connectivity index is 1.80. The van der Waals surface area contributed by atoms with Gasteiger partial charge in [0.15, 0.2) is 0 Å². The van der Waals surface area contributed by atoms with Crippen molar-refractivity contribution in [3.63, 3.8) is 0 Å². The summed E-state index contributed by atoms with van der Waals surface area (Å²) in [6.07, 6.45) is 15.3. The van der Waals surface area contributed by atoms with Crippen LogP contribution in [0, 0.1) is 0 Å². The van der Waals surface area contributed by atoms with Crippen molar-refractivity contribution in [2.75, 3.05) is 13.1 Å². The van der Waals surface area contributed by atoms with Crippen LogP contribution in [0.1, 0.15) is 63.5 Å². The van der Waals surface area contributed by atoms with Crippen LogP contribution in [0.5, 0.6) is 0 Å². The van der Waals surface area contributed by atoms with Gasteiger partial charge in [0.1, 0.15) is 6.04 Å². The molecule has 3 aromatic rings. The molecule has 0 spiro atoms. The van der Waals surface area contributed by atoms with Crippen LogP contribution < -0.4 is 5.32 Å². The van der Waals surface area contributed by atoms with Gasteiger partial charge in [-0.15, -0.1) is 0 Å². The molecule has 6 nitrogen and oxygen atoms in total. The normalized spacial score (nSPS) is 12.2. The highest BCUT2D eigenvalue weighted by molar-refractivity contribution is 5.96. The molecule has 35 heavy (non-hydrogen) atoms. The van der Waals surface area contributed by atoms with Crippen molar-refractivity contribution in [3.05, 3.63) is 72.2 Å². The first-order valence-corrected chi connectivity index (χ1v) is 12.8. The van der Waals surface area contributed by atoms with E-state index in [1.165, 1.54) is 6.08 Å². The molecule has 1 aromatic carbocycles. The van der Waals surface area contributed by atoms with Gasteiger partial charge < -0.3 is 15.2 Å². The van der Waals surface area contributed by atoms with Gasteiger partial charge in [0.2, 0.25) is 11.8 Å². The molecule has 0 aliphatic carbocycles. The summed E-state index contributed by atoms with van der Waals surface area (Å²) in [6, 6.07) is 11.1. The number of carbonyl (C=O) groups is 2. The standard InChI is InChI=1S/C29H38N4O2/c1-3-5-9-18-33(19-10-6-4-2)29(35)27(20-24-22-31-26-14-8-7-13-25(24)26)32-28(34)16-15-23-12-11-17-30-21-23/h7-8,11-17,21-22,27,31H,3-6,9-10,18-20H2,1-2H3,(H,32,34)/b16-15+/t27-/m1/s1. The van der Waals surface area contributed by atoms with Crippen molar-refractivity contribution < 1.29 is 9.59 Å². The number of hydrogen-bond acceptors (Lipinski definition) is 3. The van der Waals surface area contributed by atoms with E-state index in [0.29, 0.717) is 6.42 Å². The largest absolute Gasteiger partial charge is 0.361 e. The average molecular weight is 475 g/mol. The Morgan fingerprint density at radius 3 is 2.46 bits per heavy atom. The molecule has 0 saturated heterocycles. The zero-order chi connectivity index (χ0) is 24.9. The van der Waals surface area contributed by atoms with Crippen LogP contribution in [-0.4, -0.2) is 45.8 Å². The molecule has 6 heteroatoms. The van der Waals surface area contributed by atoms with E-state index in [2.05, 4.69) is 29.1 Å². The first-order valence-electron chi connectivity index (χ1n) is 12.8. The van der Waals surface area contributed by atoms with Gasteiger partial charge in [-0.25, -0.2) is 0 Å². The lowest BCUT2D eigenvalue weighted by Gasteiger charge is -2.28. The molecule has 1 atom stereocenters. The molecule has 0 radical (unpaired) electrons. The third-order valence-electron chi connectivity index (χ3n) is 6.20. The van der Waals surface area contributed by atoms with Crippen molar-refractivity contribution in [2.24, 2.45) is 0 Å². The highest BCUT2D eigenvalue weighted by Crippen LogP contribution is 2.20. The van der Waals surface area contributed by atoms with Gasteiger partial charge in [-0.2, -0.15) is 0 Å². The van der Waals surface area contributed by atoms with E-state index in [0.717, 1.165) is 73.6 Å². The predicted molar refractivity (Wildman–Crippen MR) is 143 cm³/mol. The Morgan fingerprint density at radius 2 is 1.77 bits per heavy atom. The molecule has 186 valence electrons. The summed E-state index contributed by atoms with van der Waals surface area (Å²) in [4.78, 5) is 36.0. The van der Waals surface area contributed by atoms with Crippen LogP contribution in [0.3, 0.4) is 0 Å². The van der Waals surface area contributed by atoms with E-state index in [9.17, 15) is 9.59 Å². The number of H-pyrrole nitrogens is 1. The number of amides is 2. The third kappa shape index (κ3) is 8.09. The van der Waals surface area contributed by atoms with Gasteiger partial charge in [0.05, 0.1) is 0 Å². The summed E-state index contributed by atoms with van der Waals surface area (Å²) in [5.74, 6) is -0.292. The fourth-order valence-corrected chi connectivity index (χ4v) is 4.24. The molecule has 0 aliphatic heterocycles. The second-order valence-electron chi connectivity index (χ2n) is 8.98. The maximum absolute atomic E-state index is 13.8. The monoisotopic (exact) mass is 474 g/mol. The fraction of sp³-hybridized carbons (Fsp3) is 0.414. The lowest BCUT2D eigenvalue weighted by atomic mass is 10.0. The van der Waals surface area contributed by atoms with E-state index in [4.69, 9.17) is 0 Å². The van der Waals surface area contributed by atoms with E-state index in [1.54, 1.807) is 18.5 Å². The number of carbonyl (C=O) groups excluding carboxylic acids is 2. The number of nitrogens with zero attached hydrogens (tertiary/aromatic N) is 2. The lowest BCUT2D eigenvalue weighted by molar-refractivity contribution is -0.135. The molecule has 2 aromatic heterocycles. The average Bonchev–Trinajstić information content (AvgIpc) is 3.29. The number of benzene rings is 1. The smallest absolute Gasteiger partial charge is 0.245 e. The Labute approximate surface area is 208 Å². The topological polar surface area (TPSA) is 78.1 Å². The van der Waals surface area contributed by atoms with Gasteiger partial charge >= 0.3 is 0 Å². The van der Waals surface area contributed by atoms with Crippen molar-refractivity contribution in [1.82, 2.24) is 20.2 Å². The molecule has 0 saturated carbocycles.